The molecule has 0 aliphatic carbocycles. The van der Waals surface area contributed by atoms with Crippen molar-refractivity contribution in [2.45, 2.75) is 52.1 Å². The first-order valence-electron chi connectivity index (χ1n) is 10.7. The van der Waals surface area contributed by atoms with E-state index < -0.39 is 0 Å². The summed E-state index contributed by atoms with van der Waals surface area (Å²) in [5.74, 6) is 2.13. The van der Waals surface area contributed by atoms with Gasteiger partial charge in [-0.15, -0.1) is 24.0 Å². The molecule has 0 radical (unpaired) electrons. The third kappa shape index (κ3) is 9.11. The molecule has 1 aliphatic rings. The van der Waals surface area contributed by atoms with Gasteiger partial charge < -0.3 is 25.1 Å². The van der Waals surface area contributed by atoms with E-state index >= 15 is 0 Å². The number of furan rings is 1. The zero-order valence-electron chi connectivity index (χ0n) is 18.6. The Balaban J connectivity index is 0.00000450. The van der Waals surface area contributed by atoms with Gasteiger partial charge in [-0.25, -0.2) is 4.79 Å². The number of ether oxygens (including phenoxy) is 1. The van der Waals surface area contributed by atoms with E-state index in [-0.39, 0.29) is 42.2 Å². The van der Waals surface area contributed by atoms with Crippen LogP contribution in [0.1, 0.15) is 51.8 Å². The fraction of sp³-hybridized carbons (Fsp3) is 0.714. The van der Waals surface area contributed by atoms with Gasteiger partial charge in [0.05, 0.1) is 18.9 Å². The van der Waals surface area contributed by atoms with E-state index in [1.807, 2.05) is 12.1 Å². The van der Waals surface area contributed by atoms with Gasteiger partial charge in [0.1, 0.15) is 5.76 Å². The molecule has 1 saturated heterocycles. The van der Waals surface area contributed by atoms with Crippen LogP contribution in [-0.2, 0) is 4.74 Å². The molecule has 1 amide bonds. The Morgan fingerprint density at radius 3 is 2.53 bits per heavy atom. The van der Waals surface area contributed by atoms with E-state index in [2.05, 4.69) is 39.7 Å². The van der Waals surface area contributed by atoms with Crippen molar-refractivity contribution in [1.29, 1.82) is 0 Å². The summed E-state index contributed by atoms with van der Waals surface area (Å²) in [6.45, 7) is 9.88. The number of carbonyl (C=O) groups is 1. The number of hydrogen-bond acceptors (Lipinski definition) is 5. The third-order valence-corrected chi connectivity index (χ3v) is 5.01. The molecule has 1 aromatic rings. The molecular weight excluding hydrogens is 497 g/mol. The van der Waals surface area contributed by atoms with Crippen molar-refractivity contribution < 1.29 is 13.9 Å². The summed E-state index contributed by atoms with van der Waals surface area (Å²) in [5.41, 5.74) is 0. The number of rotatable bonds is 10. The number of likely N-dealkylation sites (tertiary alicyclic amines) is 1. The number of aliphatic imine (C=N–C) groups is 1. The molecule has 1 fully saturated rings. The summed E-state index contributed by atoms with van der Waals surface area (Å²) < 4.78 is 10.7. The fourth-order valence-electron chi connectivity index (χ4n) is 3.68. The van der Waals surface area contributed by atoms with Crippen LogP contribution in [0, 0.1) is 5.92 Å². The molecule has 2 heterocycles. The van der Waals surface area contributed by atoms with Crippen molar-refractivity contribution in [2.24, 2.45) is 10.9 Å². The van der Waals surface area contributed by atoms with Crippen molar-refractivity contribution in [2.75, 3.05) is 39.8 Å². The molecule has 0 aromatic carbocycles. The van der Waals surface area contributed by atoms with Gasteiger partial charge in [0.2, 0.25) is 0 Å². The maximum absolute atomic E-state index is 11.8. The van der Waals surface area contributed by atoms with Crippen molar-refractivity contribution in [3.05, 3.63) is 24.2 Å². The van der Waals surface area contributed by atoms with Gasteiger partial charge in [-0.05, 0) is 57.3 Å². The summed E-state index contributed by atoms with van der Waals surface area (Å²) in [6.07, 6.45) is 4.64. The van der Waals surface area contributed by atoms with E-state index in [1.54, 1.807) is 20.2 Å². The van der Waals surface area contributed by atoms with Crippen LogP contribution in [0.25, 0.3) is 0 Å². The lowest BCUT2D eigenvalue weighted by Crippen LogP contribution is -2.49. The number of guanidine groups is 1. The molecule has 2 atom stereocenters. The van der Waals surface area contributed by atoms with Gasteiger partial charge in [0, 0.05) is 26.2 Å². The highest BCUT2D eigenvalue weighted by Gasteiger charge is 2.25. The Hall–Kier alpha value is -1.49. The van der Waals surface area contributed by atoms with Gasteiger partial charge in [0.15, 0.2) is 5.96 Å². The molecule has 1 aromatic heterocycles. The maximum atomic E-state index is 11.8. The fourth-order valence-corrected chi connectivity index (χ4v) is 3.68. The predicted molar refractivity (Wildman–Crippen MR) is 130 cm³/mol. The highest BCUT2D eigenvalue weighted by Crippen LogP contribution is 2.24. The first-order chi connectivity index (χ1) is 14.0. The van der Waals surface area contributed by atoms with Gasteiger partial charge in [-0.3, -0.25) is 9.89 Å². The Morgan fingerprint density at radius 2 is 1.97 bits per heavy atom. The number of amides is 1. The second kappa shape index (κ2) is 14.5. The Bertz CT molecular complexity index is 618. The number of nitrogens with zero attached hydrogens (tertiary/aromatic N) is 2. The zero-order valence-corrected chi connectivity index (χ0v) is 21.0. The summed E-state index contributed by atoms with van der Waals surface area (Å²) in [7, 11) is 1.75. The summed E-state index contributed by atoms with van der Waals surface area (Å²) in [6, 6.07) is 4.11. The van der Waals surface area contributed by atoms with Gasteiger partial charge in [0.25, 0.3) is 0 Å². The molecule has 172 valence electrons. The minimum Gasteiger partial charge on any atom is -0.468 e. The molecular formula is C21H38IN5O3. The summed E-state index contributed by atoms with van der Waals surface area (Å²) in [4.78, 5) is 18.6. The largest absolute Gasteiger partial charge is 0.468 e. The topological polar surface area (TPSA) is 91.1 Å². The molecule has 1 aliphatic heterocycles. The number of nitrogens with one attached hydrogen (secondary N) is 3. The Labute approximate surface area is 197 Å². The van der Waals surface area contributed by atoms with Gasteiger partial charge >= 0.3 is 6.09 Å². The average molecular weight is 535 g/mol. The summed E-state index contributed by atoms with van der Waals surface area (Å²) in [5, 5.41) is 9.68. The normalized spacial score (nSPS) is 16.6. The molecule has 3 N–H and O–H groups in total. The molecule has 2 rings (SSSR count). The monoisotopic (exact) mass is 535 g/mol. The van der Waals surface area contributed by atoms with E-state index in [0.717, 1.165) is 25.3 Å². The lowest BCUT2D eigenvalue weighted by Gasteiger charge is -2.27. The SMILES string of the molecule is CCOC(=O)NC(CNC(=NC)NCC(c1ccco1)N1CCCC1)CC(C)C.I. The highest BCUT2D eigenvalue weighted by molar-refractivity contribution is 14.0. The second-order valence-corrected chi connectivity index (χ2v) is 7.80. The van der Waals surface area contributed by atoms with E-state index in [4.69, 9.17) is 9.15 Å². The van der Waals surface area contributed by atoms with Crippen LogP contribution < -0.4 is 16.0 Å². The lowest BCUT2D eigenvalue weighted by atomic mass is 10.0. The first-order valence-corrected chi connectivity index (χ1v) is 10.7. The van der Waals surface area contributed by atoms with Crippen molar-refractivity contribution in [3.8, 4) is 0 Å². The molecule has 30 heavy (non-hydrogen) atoms. The summed E-state index contributed by atoms with van der Waals surface area (Å²) >= 11 is 0. The second-order valence-electron chi connectivity index (χ2n) is 7.80. The molecule has 2 unspecified atom stereocenters. The van der Waals surface area contributed by atoms with Crippen LogP contribution in [0.5, 0.6) is 0 Å². The quantitative estimate of drug-likeness (QED) is 0.242. The molecule has 0 spiro atoms. The predicted octanol–water partition coefficient (Wildman–Crippen LogP) is 3.36. The number of alkyl carbamates (subject to hydrolysis) is 1. The number of hydrogen-bond donors (Lipinski definition) is 3. The van der Waals surface area contributed by atoms with E-state index in [0.29, 0.717) is 31.6 Å². The van der Waals surface area contributed by atoms with E-state index in [9.17, 15) is 4.79 Å². The molecule has 8 nitrogen and oxygen atoms in total. The average Bonchev–Trinajstić information content (AvgIpc) is 3.38. The van der Waals surface area contributed by atoms with Crippen molar-refractivity contribution in [1.82, 2.24) is 20.9 Å². The lowest BCUT2D eigenvalue weighted by molar-refractivity contribution is 0.146. The van der Waals surface area contributed by atoms with Crippen LogP contribution in [0.3, 0.4) is 0 Å². The first kappa shape index (κ1) is 26.5. The van der Waals surface area contributed by atoms with Crippen LogP contribution in [0.2, 0.25) is 0 Å². The smallest absolute Gasteiger partial charge is 0.407 e. The zero-order chi connectivity index (χ0) is 21.1. The molecule has 0 bridgehead atoms. The number of halogens is 1. The maximum Gasteiger partial charge on any atom is 0.407 e. The van der Waals surface area contributed by atoms with Crippen LogP contribution in [0.15, 0.2) is 27.8 Å². The van der Waals surface area contributed by atoms with Crippen LogP contribution in [0.4, 0.5) is 4.79 Å². The molecule has 9 heteroatoms. The third-order valence-electron chi connectivity index (χ3n) is 5.01. The Kier molecular flexibility index (Phi) is 12.8. The van der Waals surface area contributed by atoms with Crippen LogP contribution >= 0.6 is 24.0 Å². The van der Waals surface area contributed by atoms with Gasteiger partial charge in [-0.2, -0.15) is 0 Å². The van der Waals surface area contributed by atoms with Crippen LogP contribution in [-0.4, -0.2) is 62.8 Å². The standard InChI is InChI=1S/C21H37N5O3.HI/c1-5-28-21(27)25-17(13-16(2)3)14-23-20(22-4)24-15-18(19-9-8-12-29-19)26-10-6-7-11-26;/h8-9,12,16-18H,5-7,10-11,13-15H2,1-4H3,(H,25,27)(H2,22,23,24);1H. The highest BCUT2D eigenvalue weighted by atomic mass is 127. The van der Waals surface area contributed by atoms with Gasteiger partial charge in [-0.1, -0.05) is 13.8 Å². The van der Waals surface area contributed by atoms with E-state index in [1.165, 1.54) is 12.8 Å². The van der Waals surface area contributed by atoms with Crippen molar-refractivity contribution in [3.63, 3.8) is 0 Å². The van der Waals surface area contributed by atoms with Crippen molar-refractivity contribution >= 4 is 36.0 Å². The number of carbonyl (C=O) groups excluding carboxylic acids is 1. The Morgan fingerprint density at radius 1 is 1.27 bits per heavy atom. The minimum absolute atomic E-state index is 0. The molecule has 0 saturated carbocycles. The minimum atomic E-state index is -0.380.